The standard InChI is InChI=1S/C13H22INO2/c1-2-3-4-5-6-8-11-15-13(16)17-12-9-7-10-14/h2-6,8,10-12H2,1H3,(H,15,16). The zero-order chi connectivity index (χ0) is 12.8. The van der Waals surface area contributed by atoms with E-state index in [1.165, 1.54) is 32.1 Å². The van der Waals surface area contributed by atoms with Gasteiger partial charge in [-0.2, -0.15) is 0 Å². The summed E-state index contributed by atoms with van der Waals surface area (Å²) in [5.74, 6) is 5.58. The minimum absolute atomic E-state index is 0.186. The van der Waals surface area contributed by atoms with E-state index in [1.807, 2.05) is 0 Å². The van der Waals surface area contributed by atoms with Crippen LogP contribution in [0.2, 0.25) is 0 Å². The number of ether oxygens (including phenoxy) is 1. The fraction of sp³-hybridized carbons (Fsp3) is 0.769. The third-order valence-electron chi connectivity index (χ3n) is 2.27. The van der Waals surface area contributed by atoms with Crippen molar-refractivity contribution in [2.45, 2.75) is 45.4 Å². The van der Waals surface area contributed by atoms with Gasteiger partial charge in [0.2, 0.25) is 0 Å². The zero-order valence-electron chi connectivity index (χ0n) is 10.6. The number of nitrogens with one attached hydrogen (secondary N) is 1. The predicted molar refractivity (Wildman–Crippen MR) is 79.4 cm³/mol. The molecule has 98 valence electrons. The first kappa shape index (κ1) is 16.6. The molecule has 0 bridgehead atoms. The van der Waals surface area contributed by atoms with Gasteiger partial charge >= 0.3 is 6.09 Å². The van der Waals surface area contributed by atoms with Crippen molar-refractivity contribution in [2.75, 3.05) is 17.6 Å². The molecule has 0 fully saturated rings. The lowest BCUT2D eigenvalue weighted by Gasteiger charge is -2.04. The molecule has 4 heteroatoms. The van der Waals surface area contributed by atoms with Crippen molar-refractivity contribution in [3.05, 3.63) is 0 Å². The smallest absolute Gasteiger partial charge is 0.408 e. The van der Waals surface area contributed by atoms with E-state index in [9.17, 15) is 4.79 Å². The highest BCUT2D eigenvalue weighted by atomic mass is 127. The van der Waals surface area contributed by atoms with Crippen LogP contribution in [0.15, 0.2) is 0 Å². The summed E-state index contributed by atoms with van der Waals surface area (Å²) in [5, 5.41) is 2.72. The van der Waals surface area contributed by atoms with E-state index < -0.39 is 0 Å². The molecule has 1 N–H and O–H groups in total. The first-order valence-electron chi connectivity index (χ1n) is 6.23. The first-order chi connectivity index (χ1) is 8.31. The Balaban J connectivity index is 3.22. The SMILES string of the molecule is CCCCCCCCNC(=O)OCC#CCI. The minimum Gasteiger partial charge on any atom is -0.436 e. The highest BCUT2D eigenvalue weighted by Gasteiger charge is 1.98. The molecule has 1 amide bonds. The Labute approximate surface area is 118 Å². The summed E-state index contributed by atoms with van der Waals surface area (Å²) in [4.78, 5) is 11.1. The molecule has 0 radical (unpaired) electrons. The number of unbranched alkanes of at least 4 members (excludes halogenated alkanes) is 5. The van der Waals surface area contributed by atoms with E-state index >= 15 is 0 Å². The van der Waals surface area contributed by atoms with Crippen molar-refractivity contribution in [3.8, 4) is 11.8 Å². The molecule has 0 aromatic rings. The van der Waals surface area contributed by atoms with Crippen molar-refractivity contribution in [2.24, 2.45) is 0 Å². The molecule has 0 rings (SSSR count). The molecule has 0 unspecified atom stereocenters. The van der Waals surface area contributed by atoms with Crippen LogP contribution in [0, 0.1) is 11.8 Å². The highest BCUT2D eigenvalue weighted by molar-refractivity contribution is 14.1. The maximum atomic E-state index is 11.1. The Hall–Kier alpha value is -0.440. The normalized spacial score (nSPS) is 9.29. The highest BCUT2D eigenvalue weighted by Crippen LogP contribution is 2.03. The van der Waals surface area contributed by atoms with Crippen molar-refractivity contribution in [1.82, 2.24) is 5.32 Å². The Bertz CT molecular complexity index is 246. The third kappa shape index (κ3) is 13.5. The molecular formula is C13H22INO2. The summed E-state index contributed by atoms with van der Waals surface area (Å²) in [6.07, 6.45) is 6.97. The molecule has 0 aromatic heterocycles. The number of alkyl halides is 1. The van der Waals surface area contributed by atoms with Gasteiger partial charge in [0.15, 0.2) is 6.61 Å². The lowest BCUT2D eigenvalue weighted by Crippen LogP contribution is -2.25. The van der Waals surface area contributed by atoms with Crippen LogP contribution in [0.25, 0.3) is 0 Å². The average Bonchev–Trinajstić information content (AvgIpc) is 2.33. The van der Waals surface area contributed by atoms with Gasteiger partial charge in [-0.25, -0.2) is 4.79 Å². The van der Waals surface area contributed by atoms with Gasteiger partial charge in [-0.05, 0) is 6.42 Å². The molecule has 0 atom stereocenters. The Morgan fingerprint density at radius 3 is 2.59 bits per heavy atom. The van der Waals surface area contributed by atoms with E-state index in [-0.39, 0.29) is 12.7 Å². The summed E-state index contributed by atoms with van der Waals surface area (Å²) in [6.45, 7) is 3.09. The fourth-order valence-corrected chi connectivity index (χ4v) is 1.62. The van der Waals surface area contributed by atoms with E-state index in [2.05, 4.69) is 46.7 Å². The van der Waals surface area contributed by atoms with Crippen LogP contribution in [0.5, 0.6) is 0 Å². The van der Waals surface area contributed by atoms with Gasteiger partial charge in [-0.15, -0.1) is 0 Å². The molecule has 0 saturated carbocycles. The molecule has 0 aliphatic carbocycles. The van der Waals surface area contributed by atoms with Crippen molar-refractivity contribution < 1.29 is 9.53 Å². The fourth-order valence-electron chi connectivity index (χ4n) is 1.35. The lowest BCUT2D eigenvalue weighted by molar-refractivity contribution is 0.160. The molecule has 3 nitrogen and oxygen atoms in total. The maximum Gasteiger partial charge on any atom is 0.408 e. The van der Waals surface area contributed by atoms with Crippen molar-refractivity contribution >= 4 is 28.7 Å². The average molecular weight is 351 g/mol. The molecular weight excluding hydrogens is 329 g/mol. The van der Waals surface area contributed by atoms with Crippen LogP contribution in [-0.4, -0.2) is 23.7 Å². The molecule has 0 aromatic carbocycles. The lowest BCUT2D eigenvalue weighted by atomic mass is 10.1. The summed E-state index contributed by atoms with van der Waals surface area (Å²) in [7, 11) is 0. The first-order valence-corrected chi connectivity index (χ1v) is 7.76. The number of hydrogen-bond acceptors (Lipinski definition) is 2. The quantitative estimate of drug-likeness (QED) is 0.315. The second-order valence-corrected chi connectivity index (χ2v) is 4.52. The molecule has 0 saturated heterocycles. The van der Waals surface area contributed by atoms with Crippen LogP contribution in [-0.2, 0) is 4.74 Å². The van der Waals surface area contributed by atoms with Crippen molar-refractivity contribution in [1.29, 1.82) is 0 Å². The van der Waals surface area contributed by atoms with Gasteiger partial charge < -0.3 is 10.1 Å². The van der Waals surface area contributed by atoms with Crippen molar-refractivity contribution in [3.63, 3.8) is 0 Å². The predicted octanol–water partition coefficient (Wildman–Crippen LogP) is 3.51. The summed E-state index contributed by atoms with van der Waals surface area (Å²) >= 11 is 2.16. The third-order valence-corrected chi connectivity index (χ3v) is 2.65. The molecule has 0 aliphatic heterocycles. The molecule has 0 aliphatic rings. The number of carbonyl (C=O) groups is 1. The largest absolute Gasteiger partial charge is 0.436 e. The Morgan fingerprint density at radius 1 is 1.18 bits per heavy atom. The van der Waals surface area contributed by atoms with E-state index in [0.717, 1.165) is 10.8 Å². The van der Waals surface area contributed by atoms with Crippen LogP contribution < -0.4 is 5.32 Å². The van der Waals surface area contributed by atoms with Crippen LogP contribution >= 0.6 is 22.6 Å². The number of halogens is 1. The number of rotatable bonds is 8. The number of hydrogen-bond donors (Lipinski definition) is 1. The van der Waals surface area contributed by atoms with Crippen LogP contribution in [0.3, 0.4) is 0 Å². The monoisotopic (exact) mass is 351 g/mol. The zero-order valence-corrected chi connectivity index (χ0v) is 12.7. The maximum absolute atomic E-state index is 11.1. The van der Waals surface area contributed by atoms with Gasteiger partial charge in [0.05, 0.1) is 4.43 Å². The summed E-state index contributed by atoms with van der Waals surface area (Å²) in [6, 6.07) is 0. The van der Waals surface area contributed by atoms with Gasteiger partial charge in [0.1, 0.15) is 0 Å². The van der Waals surface area contributed by atoms with Crippen LogP contribution in [0.4, 0.5) is 4.79 Å². The second-order valence-electron chi connectivity index (χ2n) is 3.76. The topological polar surface area (TPSA) is 38.3 Å². The number of carbonyl (C=O) groups excluding carboxylic acids is 1. The Kier molecular flexibility index (Phi) is 13.3. The van der Waals surface area contributed by atoms with Gasteiger partial charge in [-0.3, -0.25) is 0 Å². The number of amides is 1. The minimum atomic E-state index is -0.360. The second kappa shape index (κ2) is 13.6. The van der Waals surface area contributed by atoms with Crippen LogP contribution in [0.1, 0.15) is 45.4 Å². The van der Waals surface area contributed by atoms with Gasteiger partial charge in [0, 0.05) is 6.54 Å². The molecule has 17 heavy (non-hydrogen) atoms. The summed E-state index contributed by atoms with van der Waals surface area (Å²) < 4.78 is 5.63. The number of alkyl carbamates (subject to hydrolysis) is 1. The van der Waals surface area contributed by atoms with E-state index in [0.29, 0.717) is 6.54 Å². The van der Waals surface area contributed by atoms with E-state index in [1.54, 1.807) is 0 Å². The summed E-state index contributed by atoms with van der Waals surface area (Å²) in [5.41, 5.74) is 0. The molecule has 0 spiro atoms. The van der Waals surface area contributed by atoms with Gasteiger partial charge in [0.25, 0.3) is 0 Å². The Morgan fingerprint density at radius 2 is 1.88 bits per heavy atom. The van der Waals surface area contributed by atoms with E-state index in [4.69, 9.17) is 4.74 Å². The molecule has 0 heterocycles. The van der Waals surface area contributed by atoms with Gasteiger partial charge in [-0.1, -0.05) is 73.5 Å².